The molecule has 0 amide bonds. The van der Waals surface area contributed by atoms with Gasteiger partial charge in [-0.05, 0) is 50.7 Å². The van der Waals surface area contributed by atoms with E-state index in [4.69, 9.17) is 12.2 Å². The highest BCUT2D eigenvalue weighted by atomic mass is 32.1. The molecule has 0 saturated heterocycles. The summed E-state index contributed by atoms with van der Waals surface area (Å²) in [5.41, 5.74) is 5.59. The van der Waals surface area contributed by atoms with Gasteiger partial charge < -0.3 is 10.6 Å². The summed E-state index contributed by atoms with van der Waals surface area (Å²) >= 11 is 5.47. The lowest BCUT2D eigenvalue weighted by molar-refractivity contribution is 0.697. The number of benzene rings is 2. The minimum absolute atomic E-state index is 0.158. The molecule has 0 aliphatic heterocycles. The maximum absolute atomic E-state index is 5.47. The summed E-state index contributed by atoms with van der Waals surface area (Å²) in [4.78, 5) is 0. The first-order valence-electron chi connectivity index (χ1n) is 8.76. The van der Waals surface area contributed by atoms with Crippen LogP contribution in [0.25, 0.3) is 5.69 Å². The molecular formula is C21H24N4S. The Morgan fingerprint density at radius 1 is 1.04 bits per heavy atom. The van der Waals surface area contributed by atoms with Gasteiger partial charge in [0, 0.05) is 17.8 Å². The zero-order chi connectivity index (χ0) is 18.5. The van der Waals surface area contributed by atoms with Crippen molar-refractivity contribution in [2.45, 2.75) is 33.4 Å². The standard InChI is InChI=1S/C21H24N4S/c1-15(18-10-6-4-7-11-18)23-21(26)22-14-20-16(2)24-25(17(20)3)19-12-8-5-9-13-19/h4-13,15H,14H2,1-3H3,(H2,22,23,26). The number of para-hydroxylation sites is 1. The third-order valence-electron chi connectivity index (χ3n) is 4.51. The molecule has 0 saturated carbocycles. The Balaban J connectivity index is 1.65. The van der Waals surface area contributed by atoms with E-state index < -0.39 is 0 Å². The SMILES string of the molecule is Cc1nn(-c2ccccc2)c(C)c1CNC(=S)NC(C)c1ccccc1. The molecule has 0 bridgehead atoms. The predicted molar refractivity (Wildman–Crippen MR) is 110 cm³/mol. The molecule has 1 aromatic heterocycles. The molecule has 1 unspecified atom stereocenters. The van der Waals surface area contributed by atoms with Gasteiger partial charge in [0.25, 0.3) is 0 Å². The average molecular weight is 365 g/mol. The molecule has 5 heteroatoms. The van der Waals surface area contributed by atoms with Crippen molar-refractivity contribution in [3.05, 3.63) is 83.2 Å². The van der Waals surface area contributed by atoms with Crippen molar-refractivity contribution >= 4 is 17.3 Å². The lowest BCUT2D eigenvalue weighted by Gasteiger charge is -2.17. The zero-order valence-electron chi connectivity index (χ0n) is 15.4. The van der Waals surface area contributed by atoms with Crippen LogP contribution in [0.2, 0.25) is 0 Å². The van der Waals surface area contributed by atoms with Crippen LogP contribution in [0.5, 0.6) is 0 Å². The molecular weight excluding hydrogens is 340 g/mol. The summed E-state index contributed by atoms with van der Waals surface area (Å²) in [7, 11) is 0. The number of aryl methyl sites for hydroxylation is 1. The van der Waals surface area contributed by atoms with Gasteiger partial charge in [0.05, 0.1) is 17.4 Å². The highest BCUT2D eigenvalue weighted by molar-refractivity contribution is 7.80. The van der Waals surface area contributed by atoms with E-state index in [1.54, 1.807) is 0 Å². The lowest BCUT2D eigenvalue weighted by atomic mass is 10.1. The van der Waals surface area contributed by atoms with E-state index in [9.17, 15) is 0 Å². The van der Waals surface area contributed by atoms with Crippen LogP contribution < -0.4 is 10.6 Å². The van der Waals surface area contributed by atoms with E-state index in [-0.39, 0.29) is 6.04 Å². The van der Waals surface area contributed by atoms with E-state index in [0.717, 1.165) is 17.1 Å². The number of nitrogens with one attached hydrogen (secondary N) is 2. The maximum Gasteiger partial charge on any atom is 0.167 e. The van der Waals surface area contributed by atoms with Crippen LogP contribution >= 0.6 is 12.2 Å². The second-order valence-corrected chi connectivity index (χ2v) is 6.76. The first-order chi connectivity index (χ1) is 12.6. The molecule has 4 nitrogen and oxygen atoms in total. The number of thiocarbonyl (C=S) groups is 1. The fraction of sp³-hybridized carbons (Fsp3) is 0.238. The Hall–Kier alpha value is -2.66. The normalized spacial score (nSPS) is 11.8. The summed E-state index contributed by atoms with van der Waals surface area (Å²) in [5, 5.41) is 12.0. The van der Waals surface area contributed by atoms with Gasteiger partial charge in [-0.25, -0.2) is 4.68 Å². The van der Waals surface area contributed by atoms with E-state index >= 15 is 0 Å². The molecule has 2 aromatic carbocycles. The minimum Gasteiger partial charge on any atom is -0.359 e. The largest absolute Gasteiger partial charge is 0.359 e. The van der Waals surface area contributed by atoms with Crippen LogP contribution in [0, 0.1) is 13.8 Å². The molecule has 26 heavy (non-hydrogen) atoms. The molecule has 0 radical (unpaired) electrons. The highest BCUT2D eigenvalue weighted by Crippen LogP contribution is 2.17. The molecule has 0 spiro atoms. The Kier molecular flexibility index (Phi) is 5.68. The Morgan fingerprint density at radius 2 is 1.65 bits per heavy atom. The molecule has 0 aliphatic carbocycles. The van der Waals surface area contributed by atoms with Gasteiger partial charge in [-0.3, -0.25) is 0 Å². The van der Waals surface area contributed by atoms with Gasteiger partial charge in [0.2, 0.25) is 0 Å². The summed E-state index contributed by atoms with van der Waals surface area (Å²) in [6, 6.07) is 20.6. The molecule has 0 fully saturated rings. The van der Waals surface area contributed by atoms with Gasteiger partial charge in [-0.15, -0.1) is 0 Å². The Bertz CT molecular complexity index is 872. The minimum atomic E-state index is 0.158. The van der Waals surface area contributed by atoms with Gasteiger partial charge in [0.1, 0.15) is 0 Å². The summed E-state index contributed by atoms with van der Waals surface area (Å²) in [6.07, 6.45) is 0. The van der Waals surface area contributed by atoms with Crippen LogP contribution in [0.1, 0.15) is 35.5 Å². The summed E-state index contributed by atoms with van der Waals surface area (Å²) in [6.45, 7) is 6.88. The van der Waals surface area contributed by atoms with Crippen molar-refractivity contribution in [1.82, 2.24) is 20.4 Å². The smallest absolute Gasteiger partial charge is 0.167 e. The first kappa shape index (κ1) is 18.1. The number of aromatic nitrogens is 2. The topological polar surface area (TPSA) is 41.9 Å². The quantitative estimate of drug-likeness (QED) is 0.666. The van der Waals surface area contributed by atoms with Crippen molar-refractivity contribution in [2.24, 2.45) is 0 Å². The van der Waals surface area contributed by atoms with Crippen LogP contribution in [-0.2, 0) is 6.54 Å². The van der Waals surface area contributed by atoms with Crippen molar-refractivity contribution in [3.8, 4) is 5.69 Å². The Labute approximate surface area is 160 Å². The van der Waals surface area contributed by atoms with E-state index in [1.165, 1.54) is 11.1 Å². The second-order valence-electron chi connectivity index (χ2n) is 6.36. The molecule has 1 heterocycles. The monoisotopic (exact) mass is 364 g/mol. The van der Waals surface area contributed by atoms with Crippen LogP contribution in [0.15, 0.2) is 60.7 Å². The van der Waals surface area contributed by atoms with E-state index in [2.05, 4.69) is 53.8 Å². The predicted octanol–water partition coefficient (Wildman–Crippen LogP) is 4.21. The molecule has 134 valence electrons. The number of hydrogen-bond donors (Lipinski definition) is 2. The van der Waals surface area contributed by atoms with Crippen molar-refractivity contribution in [2.75, 3.05) is 0 Å². The summed E-state index contributed by atoms with van der Waals surface area (Å²) < 4.78 is 1.98. The third-order valence-corrected chi connectivity index (χ3v) is 4.78. The summed E-state index contributed by atoms with van der Waals surface area (Å²) in [5.74, 6) is 0. The Morgan fingerprint density at radius 3 is 2.31 bits per heavy atom. The van der Waals surface area contributed by atoms with Gasteiger partial charge in [-0.1, -0.05) is 48.5 Å². The van der Waals surface area contributed by atoms with E-state index in [1.807, 2.05) is 48.0 Å². The van der Waals surface area contributed by atoms with Crippen molar-refractivity contribution < 1.29 is 0 Å². The van der Waals surface area contributed by atoms with Gasteiger partial charge >= 0.3 is 0 Å². The third kappa shape index (κ3) is 4.11. The van der Waals surface area contributed by atoms with Crippen LogP contribution in [-0.4, -0.2) is 14.9 Å². The first-order valence-corrected chi connectivity index (χ1v) is 9.17. The molecule has 3 rings (SSSR count). The number of rotatable bonds is 5. The zero-order valence-corrected chi connectivity index (χ0v) is 16.2. The highest BCUT2D eigenvalue weighted by Gasteiger charge is 2.13. The molecule has 1 atom stereocenters. The average Bonchev–Trinajstić information content (AvgIpc) is 2.95. The molecule has 3 aromatic rings. The van der Waals surface area contributed by atoms with Crippen LogP contribution in [0.4, 0.5) is 0 Å². The molecule has 0 aliphatic rings. The van der Waals surface area contributed by atoms with Gasteiger partial charge in [0.15, 0.2) is 5.11 Å². The van der Waals surface area contributed by atoms with Crippen LogP contribution in [0.3, 0.4) is 0 Å². The van der Waals surface area contributed by atoms with Crippen molar-refractivity contribution in [1.29, 1.82) is 0 Å². The fourth-order valence-electron chi connectivity index (χ4n) is 2.99. The number of nitrogens with zero attached hydrogens (tertiary/aromatic N) is 2. The lowest BCUT2D eigenvalue weighted by Crippen LogP contribution is -2.36. The van der Waals surface area contributed by atoms with Gasteiger partial charge in [-0.2, -0.15) is 5.10 Å². The second kappa shape index (κ2) is 8.15. The maximum atomic E-state index is 5.47. The fourth-order valence-corrected chi connectivity index (χ4v) is 3.24. The number of hydrogen-bond acceptors (Lipinski definition) is 2. The molecule has 2 N–H and O–H groups in total. The van der Waals surface area contributed by atoms with E-state index in [0.29, 0.717) is 11.7 Å². The van der Waals surface area contributed by atoms with Crippen molar-refractivity contribution in [3.63, 3.8) is 0 Å².